The van der Waals surface area contributed by atoms with Gasteiger partial charge in [-0.25, -0.2) is 0 Å². The molecule has 0 radical (unpaired) electrons. The van der Waals surface area contributed by atoms with Crippen molar-refractivity contribution < 1.29 is 4.74 Å². The Labute approximate surface area is 127 Å². The lowest BCUT2D eigenvalue weighted by Crippen LogP contribution is -2.28. The van der Waals surface area contributed by atoms with Crippen LogP contribution in [0.2, 0.25) is 0 Å². The highest BCUT2D eigenvalue weighted by Crippen LogP contribution is 2.30. The van der Waals surface area contributed by atoms with E-state index in [4.69, 9.17) is 4.74 Å². The van der Waals surface area contributed by atoms with Gasteiger partial charge >= 0.3 is 0 Å². The highest BCUT2D eigenvalue weighted by Gasteiger charge is 2.20. The second-order valence-corrected chi connectivity index (χ2v) is 6.00. The summed E-state index contributed by atoms with van der Waals surface area (Å²) in [6.07, 6.45) is 3.35. The summed E-state index contributed by atoms with van der Waals surface area (Å²) >= 11 is 0. The molecule has 0 saturated carbocycles. The monoisotopic (exact) mass is 281 g/mol. The van der Waals surface area contributed by atoms with Gasteiger partial charge < -0.3 is 10.1 Å². The molecule has 0 fully saturated rings. The van der Waals surface area contributed by atoms with Gasteiger partial charge in [0.15, 0.2) is 0 Å². The summed E-state index contributed by atoms with van der Waals surface area (Å²) in [5.74, 6) is 1.02. The Hall–Kier alpha value is -1.96. The van der Waals surface area contributed by atoms with E-state index in [1.807, 2.05) is 0 Å². The lowest BCUT2D eigenvalue weighted by atomic mass is 9.91. The molecule has 2 heteroatoms. The molecule has 110 valence electrons. The summed E-state index contributed by atoms with van der Waals surface area (Å²) in [6, 6.07) is 13.5. The van der Waals surface area contributed by atoms with Gasteiger partial charge in [-0.1, -0.05) is 24.3 Å². The van der Waals surface area contributed by atoms with E-state index in [2.05, 4.69) is 55.6 Å². The van der Waals surface area contributed by atoms with Gasteiger partial charge in [0.2, 0.25) is 0 Å². The van der Waals surface area contributed by atoms with Crippen LogP contribution in [0.4, 0.5) is 5.69 Å². The minimum absolute atomic E-state index is 0.482. The van der Waals surface area contributed by atoms with E-state index in [0.29, 0.717) is 6.04 Å². The van der Waals surface area contributed by atoms with Crippen molar-refractivity contribution in [2.75, 3.05) is 12.4 Å². The van der Waals surface area contributed by atoms with E-state index in [1.165, 1.54) is 34.4 Å². The molecule has 1 unspecified atom stereocenters. The Bertz CT molecular complexity index is 648. The van der Waals surface area contributed by atoms with E-state index in [9.17, 15) is 0 Å². The fourth-order valence-electron chi connectivity index (χ4n) is 3.30. The standard InChI is InChI=1S/C19H23NO/c1-13-10-14(2)17(19(11-13)21-3)12-16-9-8-15-6-4-5-7-18(15)20-16/h4-7,10-11,16,20H,8-9,12H2,1-3H3. The third-order valence-electron chi connectivity index (χ3n) is 4.39. The molecule has 0 spiro atoms. The molecule has 3 rings (SSSR count). The van der Waals surface area contributed by atoms with Crippen LogP contribution in [0.1, 0.15) is 28.7 Å². The van der Waals surface area contributed by atoms with Gasteiger partial charge in [-0.3, -0.25) is 0 Å². The quantitative estimate of drug-likeness (QED) is 0.906. The number of ether oxygens (including phenoxy) is 1. The minimum Gasteiger partial charge on any atom is -0.496 e. The molecular weight excluding hydrogens is 258 g/mol. The van der Waals surface area contributed by atoms with E-state index in [-0.39, 0.29) is 0 Å². The lowest BCUT2D eigenvalue weighted by Gasteiger charge is -2.28. The molecule has 0 aliphatic carbocycles. The van der Waals surface area contributed by atoms with E-state index in [1.54, 1.807) is 7.11 Å². The second-order valence-electron chi connectivity index (χ2n) is 6.00. The zero-order chi connectivity index (χ0) is 14.8. The van der Waals surface area contributed by atoms with Crippen LogP contribution in [0.15, 0.2) is 36.4 Å². The molecule has 21 heavy (non-hydrogen) atoms. The van der Waals surface area contributed by atoms with Crippen molar-refractivity contribution in [2.45, 2.75) is 39.2 Å². The molecule has 0 amide bonds. The molecule has 2 aromatic carbocycles. The molecule has 1 atom stereocenters. The maximum atomic E-state index is 5.59. The molecule has 2 nitrogen and oxygen atoms in total. The number of nitrogens with one attached hydrogen (secondary N) is 1. The van der Waals surface area contributed by atoms with Crippen molar-refractivity contribution in [3.8, 4) is 5.75 Å². The summed E-state index contributed by atoms with van der Waals surface area (Å²) in [5.41, 5.74) is 6.64. The Morgan fingerprint density at radius 1 is 1.19 bits per heavy atom. The van der Waals surface area contributed by atoms with Crippen molar-refractivity contribution in [2.24, 2.45) is 0 Å². The number of methoxy groups -OCH3 is 1. The summed E-state index contributed by atoms with van der Waals surface area (Å²) in [6.45, 7) is 4.30. The third-order valence-corrected chi connectivity index (χ3v) is 4.39. The summed E-state index contributed by atoms with van der Waals surface area (Å²) in [4.78, 5) is 0. The number of hydrogen-bond acceptors (Lipinski definition) is 2. The van der Waals surface area contributed by atoms with Crippen molar-refractivity contribution in [3.63, 3.8) is 0 Å². The van der Waals surface area contributed by atoms with Crippen LogP contribution in [0.5, 0.6) is 5.75 Å². The zero-order valence-electron chi connectivity index (χ0n) is 13.1. The molecule has 2 aromatic rings. The van der Waals surface area contributed by atoms with E-state index >= 15 is 0 Å². The largest absolute Gasteiger partial charge is 0.496 e. The van der Waals surface area contributed by atoms with Crippen LogP contribution in [0.3, 0.4) is 0 Å². The SMILES string of the molecule is COc1cc(C)cc(C)c1CC1CCc2ccccc2N1. The smallest absolute Gasteiger partial charge is 0.122 e. The maximum Gasteiger partial charge on any atom is 0.122 e. The summed E-state index contributed by atoms with van der Waals surface area (Å²) in [5, 5.41) is 3.68. The lowest BCUT2D eigenvalue weighted by molar-refractivity contribution is 0.407. The normalized spacial score (nSPS) is 17.0. The fraction of sp³-hybridized carbons (Fsp3) is 0.368. The van der Waals surface area contributed by atoms with Gasteiger partial charge in [0.05, 0.1) is 7.11 Å². The number of hydrogen-bond donors (Lipinski definition) is 1. The zero-order valence-corrected chi connectivity index (χ0v) is 13.1. The highest BCUT2D eigenvalue weighted by atomic mass is 16.5. The Kier molecular flexibility index (Phi) is 3.87. The summed E-state index contributed by atoms with van der Waals surface area (Å²) < 4.78 is 5.59. The number of anilines is 1. The first-order valence-corrected chi connectivity index (χ1v) is 7.66. The predicted molar refractivity (Wildman–Crippen MR) is 88.3 cm³/mol. The first-order valence-electron chi connectivity index (χ1n) is 7.66. The molecular formula is C19H23NO. The molecule has 0 aromatic heterocycles. The summed E-state index contributed by atoms with van der Waals surface area (Å²) in [7, 11) is 1.77. The number of rotatable bonds is 3. The first kappa shape index (κ1) is 14.0. The average Bonchev–Trinajstić information content (AvgIpc) is 2.49. The van der Waals surface area contributed by atoms with Crippen molar-refractivity contribution in [1.82, 2.24) is 0 Å². The van der Waals surface area contributed by atoms with Gasteiger partial charge in [0, 0.05) is 11.7 Å². The van der Waals surface area contributed by atoms with Crippen LogP contribution in [-0.4, -0.2) is 13.2 Å². The third kappa shape index (κ3) is 2.90. The van der Waals surface area contributed by atoms with E-state index in [0.717, 1.165) is 18.6 Å². The van der Waals surface area contributed by atoms with Crippen molar-refractivity contribution >= 4 is 5.69 Å². The molecule has 1 aliphatic heterocycles. The highest BCUT2D eigenvalue weighted by molar-refractivity contribution is 5.54. The van der Waals surface area contributed by atoms with E-state index < -0.39 is 0 Å². The topological polar surface area (TPSA) is 21.3 Å². The molecule has 1 aliphatic rings. The van der Waals surface area contributed by atoms with Crippen LogP contribution < -0.4 is 10.1 Å². The van der Waals surface area contributed by atoms with Gasteiger partial charge in [0.25, 0.3) is 0 Å². The van der Waals surface area contributed by atoms with Crippen LogP contribution in [0.25, 0.3) is 0 Å². The minimum atomic E-state index is 0.482. The Morgan fingerprint density at radius 2 is 2.00 bits per heavy atom. The molecule has 1 heterocycles. The molecule has 0 bridgehead atoms. The van der Waals surface area contributed by atoms with Gasteiger partial charge in [0.1, 0.15) is 5.75 Å². The van der Waals surface area contributed by atoms with Crippen LogP contribution in [0, 0.1) is 13.8 Å². The Balaban J connectivity index is 1.82. The predicted octanol–water partition coefficient (Wildman–Crippen LogP) is 4.28. The maximum absolute atomic E-state index is 5.59. The number of fused-ring (bicyclic) bond motifs is 1. The number of para-hydroxylation sites is 1. The molecule has 1 N–H and O–H groups in total. The Morgan fingerprint density at radius 3 is 2.81 bits per heavy atom. The van der Waals surface area contributed by atoms with Gasteiger partial charge in [-0.15, -0.1) is 0 Å². The molecule has 0 saturated heterocycles. The van der Waals surface area contributed by atoms with Crippen LogP contribution in [-0.2, 0) is 12.8 Å². The van der Waals surface area contributed by atoms with Crippen molar-refractivity contribution in [1.29, 1.82) is 0 Å². The fourth-order valence-corrected chi connectivity index (χ4v) is 3.30. The van der Waals surface area contributed by atoms with Gasteiger partial charge in [-0.05, 0) is 67.5 Å². The van der Waals surface area contributed by atoms with Crippen LogP contribution >= 0.6 is 0 Å². The second kappa shape index (κ2) is 5.80. The first-order chi connectivity index (χ1) is 10.2. The van der Waals surface area contributed by atoms with Crippen molar-refractivity contribution in [3.05, 3.63) is 58.7 Å². The number of benzene rings is 2. The average molecular weight is 281 g/mol. The van der Waals surface area contributed by atoms with Gasteiger partial charge in [-0.2, -0.15) is 0 Å². The number of aryl methyl sites for hydroxylation is 3.